The molecule has 1 fully saturated rings. The van der Waals surface area contributed by atoms with E-state index in [2.05, 4.69) is 21.8 Å². The molecule has 1 heterocycles. The highest BCUT2D eigenvalue weighted by atomic mass is 15.1. The lowest BCUT2D eigenvalue weighted by atomic mass is 10.0. The number of hydrogen-bond donors (Lipinski definition) is 1. The van der Waals surface area contributed by atoms with Gasteiger partial charge in [-0.3, -0.25) is 0 Å². The summed E-state index contributed by atoms with van der Waals surface area (Å²) in [5.74, 6) is 2.11. The monoisotopic (exact) mass is 221 g/mol. The second-order valence-electron chi connectivity index (χ2n) is 4.86. The first-order valence-electron chi connectivity index (χ1n) is 6.55. The molecule has 1 aromatic heterocycles. The van der Waals surface area contributed by atoms with Crippen molar-refractivity contribution in [3.8, 4) is 0 Å². The summed E-state index contributed by atoms with van der Waals surface area (Å²) in [7, 11) is 0. The smallest absolute Gasteiger partial charge is 0.105 e. The van der Waals surface area contributed by atoms with E-state index in [1.54, 1.807) is 0 Å². The normalized spacial score (nSPS) is 17.1. The molecular weight excluding hydrogens is 198 g/mol. The van der Waals surface area contributed by atoms with Crippen LogP contribution in [0.5, 0.6) is 0 Å². The Labute approximate surface area is 98.3 Å². The van der Waals surface area contributed by atoms with Crippen molar-refractivity contribution in [3.63, 3.8) is 0 Å². The highest BCUT2D eigenvalue weighted by Crippen LogP contribution is 2.26. The molecule has 1 N–H and O–H groups in total. The standard InChI is InChI=1S/C13H23N3/c1-12-15-9-11-16(12)10-8-14-7-6-13-4-2-3-5-13/h9,11,13-14H,2-8,10H2,1H3. The largest absolute Gasteiger partial charge is 0.334 e. The molecule has 16 heavy (non-hydrogen) atoms. The highest BCUT2D eigenvalue weighted by molar-refractivity contribution is 4.88. The maximum absolute atomic E-state index is 4.21. The Morgan fingerprint density at radius 3 is 2.88 bits per heavy atom. The number of hydrogen-bond acceptors (Lipinski definition) is 2. The van der Waals surface area contributed by atoms with Crippen LogP contribution >= 0.6 is 0 Å². The van der Waals surface area contributed by atoms with Crippen molar-refractivity contribution in [2.45, 2.75) is 45.6 Å². The van der Waals surface area contributed by atoms with Gasteiger partial charge in [0, 0.05) is 25.5 Å². The Morgan fingerprint density at radius 2 is 2.19 bits per heavy atom. The van der Waals surface area contributed by atoms with Crippen molar-refractivity contribution in [3.05, 3.63) is 18.2 Å². The van der Waals surface area contributed by atoms with Crippen LogP contribution in [0, 0.1) is 12.8 Å². The van der Waals surface area contributed by atoms with Gasteiger partial charge in [-0.05, 0) is 25.8 Å². The molecule has 0 spiro atoms. The van der Waals surface area contributed by atoms with Gasteiger partial charge in [0.1, 0.15) is 5.82 Å². The summed E-state index contributed by atoms with van der Waals surface area (Å²) in [6, 6.07) is 0. The van der Waals surface area contributed by atoms with E-state index in [0.29, 0.717) is 0 Å². The number of nitrogens with one attached hydrogen (secondary N) is 1. The molecule has 3 heteroatoms. The third-order valence-electron chi connectivity index (χ3n) is 3.66. The first-order chi connectivity index (χ1) is 7.86. The average molecular weight is 221 g/mol. The molecule has 0 aromatic carbocycles. The lowest BCUT2D eigenvalue weighted by molar-refractivity contribution is 0.469. The fraction of sp³-hybridized carbons (Fsp3) is 0.769. The van der Waals surface area contributed by atoms with Crippen molar-refractivity contribution >= 4 is 0 Å². The zero-order valence-corrected chi connectivity index (χ0v) is 10.3. The van der Waals surface area contributed by atoms with Crippen molar-refractivity contribution in [1.82, 2.24) is 14.9 Å². The van der Waals surface area contributed by atoms with Crippen LogP contribution in [0.4, 0.5) is 0 Å². The number of rotatable bonds is 6. The highest BCUT2D eigenvalue weighted by Gasteiger charge is 2.13. The van der Waals surface area contributed by atoms with E-state index >= 15 is 0 Å². The predicted molar refractivity (Wildman–Crippen MR) is 66.4 cm³/mol. The van der Waals surface area contributed by atoms with Crippen LogP contribution in [0.25, 0.3) is 0 Å². The van der Waals surface area contributed by atoms with E-state index in [1.807, 2.05) is 12.4 Å². The van der Waals surface area contributed by atoms with Gasteiger partial charge in [-0.15, -0.1) is 0 Å². The molecule has 0 atom stereocenters. The molecule has 0 saturated heterocycles. The maximum atomic E-state index is 4.21. The molecule has 0 aliphatic heterocycles. The Balaban J connectivity index is 1.53. The summed E-state index contributed by atoms with van der Waals surface area (Å²) in [5, 5.41) is 3.53. The summed E-state index contributed by atoms with van der Waals surface area (Å²) in [6.45, 7) is 5.33. The van der Waals surface area contributed by atoms with E-state index in [4.69, 9.17) is 0 Å². The Kier molecular flexibility index (Phi) is 4.40. The van der Waals surface area contributed by atoms with Crippen LogP contribution in [-0.2, 0) is 6.54 Å². The van der Waals surface area contributed by atoms with Crippen LogP contribution < -0.4 is 5.32 Å². The minimum atomic E-state index is 1.00. The fourth-order valence-electron chi connectivity index (χ4n) is 2.57. The summed E-state index contributed by atoms with van der Waals surface area (Å²) in [5.41, 5.74) is 0. The zero-order chi connectivity index (χ0) is 11.2. The minimum absolute atomic E-state index is 1.00. The molecule has 0 radical (unpaired) electrons. The summed E-state index contributed by atoms with van der Waals surface area (Å²) < 4.78 is 2.20. The molecule has 3 nitrogen and oxygen atoms in total. The number of imidazole rings is 1. The quantitative estimate of drug-likeness (QED) is 0.747. The predicted octanol–water partition coefficient (Wildman–Crippen LogP) is 2.36. The van der Waals surface area contributed by atoms with Crippen molar-refractivity contribution < 1.29 is 0 Å². The summed E-state index contributed by atoms with van der Waals surface area (Å²) >= 11 is 0. The first-order valence-corrected chi connectivity index (χ1v) is 6.55. The molecule has 2 rings (SSSR count). The number of aromatic nitrogens is 2. The SMILES string of the molecule is Cc1nccn1CCNCCC1CCCC1. The van der Waals surface area contributed by atoms with Crippen LogP contribution in [0.1, 0.15) is 37.9 Å². The first kappa shape index (κ1) is 11.6. The second-order valence-corrected chi connectivity index (χ2v) is 4.86. The van der Waals surface area contributed by atoms with Gasteiger partial charge in [0.25, 0.3) is 0 Å². The van der Waals surface area contributed by atoms with E-state index in [0.717, 1.165) is 24.8 Å². The second kappa shape index (κ2) is 6.04. The van der Waals surface area contributed by atoms with Crippen LogP contribution in [0.15, 0.2) is 12.4 Å². The molecule has 1 aliphatic rings. The van der Waals surface area contributed by atoms with Gasteiger partial charge in [-0.2, -0.15) is 0 Å². The van der Waals surface area contributed by atoms with E-state index in [-0.39, 0.29) is 0 Å². The van der Waals surface area contributed by atoms with Gasteiger partial charge in [0.15, 0.2) is 0 Å². The van der Waals surface area contributed by atoms with E-state index in [9.17, 15) is 0 Å². The summed E-state index contributed by atoms with van der Waals surface area (Å²) in [6.07, 6.45) is 11.1. The minimum Gasteiger partial charge on any atom is -0.334 e. The summed E-state index contributed by atoms with van der Waals surface area (Å²) in [4.78, 5) is 4.21. The van der Waals surface area contributed by atoms with Gasteiger partial charge >= 0.3 is 0 Å². The van der Waals surface area contributed by atoms with Crippen LogP contribution in [-0.4, -0.2) is 22.6 Å². The molecule has 0 amide bonds. The lowest BCUT2D eigenvalue weighted by Gasteiger charge is -2.10. The molecule has 1 saturated carbocycles. The maximum Gasteiger partial charge on any atom is 0.105 e. The van der Waals surface area contributed by atoms with Gasteiger partial charge < -0.3 is 9.88 Å². The Hall–Kier alpha value is -0.830. The fourth-order valence-corrected chi connectivity index (χ4v) is 2.57. The molecule has 0 bridgehead atoms. The van der Waals surface area contributed by atoms with Crippen LogP contribution in [0.2, 0.25) is 0 Å². The van der Waals surface area contributed by atoms with Crippen molar-refractivity contribution in [1.29, 1.82) is 0 Å². The van der Waals surface area contributed by atoms with Crippen molar-refractivity contribution in [2.75, 3.05) is 13.1 Å². The van der Waals surface area contributed by atoms with Crippen LogP contribution in [0.3, 0.4) is 0 Å². The molecular formula is C13H23N3. The Morgan fingerprint density at radius 1 is 1.38 bits per heavy atom. The average Bonchev–Trinajstić information content (AvgIpc) is 2.90. The lowest BCUT2D eigenvalue weighted by Crippen LogP contribution is -2.22. The third kappa shape index (κ3) is 3.34. The van der Waals surface area contributed by atoms with Gasteiger partial charge in [0.2, 0.25) is 0 Å². The Bertz CT molecular complexity index is 300. The molecule has 0 unspecified atom stereocenters. The molecule has 90 valence electrons. The topological polar surface area (TPSA) is 29.9 Å². The van der Waals surface area contributed by atoms with Gasteiger partial charge in [0.05, 0.1) is 0 Å². The number of nitrogens with zero attached hydrogens (tertiary/aromatic N) is 2. The zero-order valence-electron chi connectivity index (χ0n) is 10.3. The van der Waals surface area contributed by atoms with E-state index < -0.39 is 0 Å². The molecule has 1 aromatic rings. The van der Waals surface area contributed by atoms with Crippen molar-refractivity contribution in [2.24, 2.45) is 5.92 Å². The number of aryl methyl sites for hydroxylation is 1. The van der Waals surface area contributed by atoms with E-state index in [1.165, 1.54) is 38.6 Å². The third-order valence-corrected chi connectivity index (χ3v) is 3.66. The molecule has 1 aliphatic carbocycles. The van der Waals surface area contributed by atoms with Gasteiger partial charge in [-0.25, -0.2) is 4.98 Å². The van der Waals surface area contributed by atoms with Gasteiger partial charge in [-0.1, -0.05) is 25.7 Å².